The van der Waals surface area contributed by atoms with E-state index in [1.165, 1.54) is 11.1 Å². The average molecular weight is 778 g/mol. The second-order valence-corrected chi connectivity index (χ2v) is 15.2. The van der Waals surface area contributed by atoms with Crippen molar-refractivity contribution in [2.24, 2.45) is 5.92 Å². The molecular formula is C37H59N7O11. The zero-order chi connectivity index (χ0) is 41.3. The Morgan fingerprint density at radius 1 is 0.745 bits per heavy atom. The smallest absolute Gasteiger partial charge is 0.326 e. The van der Waals surface area contributed by atoms with E-state index in [4.69, 9.17) is 14.2 Å². The predicted molar refractivity (Wildman–Crippen MR) is 198 cm³/mol. The van der Waals surface area contributed by atoms with Crippen molar-refractivity contribution >= 4 is 35.7 Å². The molecule has 0 fully saturated rings. The van der Waals surface area contributed by atoms with Gasteiger partial charge in [0.25, 0.3) is 0 Å². The lowest BCUT2D eigenvalue weighted by molar-refractivity contribution is -0.164. The zero-order valence-electron chi connectivity index (χ0n) is 33.5. The molecule has 2 aromatic heterocycles. The summed E-state index contributed by atoms with van der Waals surface area (Å²) in [5, 5.41) is 18.8. The van der Waals surface area contributed by atoms with E-state index in [1.54, 1.807) is 83.1 Å². The van der Waals surface area contributed by atoms with Gasteiger partial charge in [-0.25, -0.2) is 9.97 Å². The van der Waals surface area contributed by atoms with Gasteiger partial charge in [0, 0.05) is 31.3 Å². The number of imidazole rings is 2. The number of rotatable bonds is 23. The van der Waals surface area contributed by atoms with Crippen LogP contribution in [0.4, 0.5) is 0 Å². The highest BCUT2D eigenvalue weighted by molar-refractivity contribution is 5.86. The fourth-order valence-corrected chi connectivity index (χ4v) is 5.35. The van der Waals surface area contributed by atoms with Gasteiger partial charge in [0.15, 0.2) is 0 Å². The molecule has 18 nitrogen and oxygen atoms in total. The van der Waals surface area contributed by atoms with Crippen LogP contribution in [0.25, 0.3) is 0 Å². The summed E-state index contributed by atoms with van der Waals surface area (Å²) in [4.78, 5) is 89.2. The number of nitrogens with zero attached hydrogens (tertiary/aromatic N) is 7. The maximum absolute atomic E-state index is 13.7. The van der Waals surface area contributed by atoms with Crippen molar-refractivity contribution in [2.75, 3.05) is 45.9 Å². The van der Waals surface area contributed by atoms with Gasteiger partial charge in [-0.2, -0.15) is 0 Å². The molecule has 1 atom stereocenters. The van der Waals surface area contributed by atoms with Gasteiger partial charge in [0.1, 0.15) is 55.6 Å². The molecule has 0 spiro atoms. The Kier molecular flexibility index (Phi) is 18.4. The van der Waals surface area contributed by atoms with Gasteiger partial charge in [-0.3, -0.25) is 33.7 Å². The van der Waals surface area contributed by atoms with E-state index in [0.717, 1.165) is 4.90 Å². The first kappa shape index (κ1) is 46.3. The molecule has 0 saturated heterocycles. The van der Waals surface area contributed by atoms with Crippen molar-refractivity contribution in [1.29, 1.82) is 0 Å². The number of carboxylic acid groups (broad SMARTS) is 1. The molecule has 2 N–H and O–H groups in total. The van der Waals surface area contributed by atoms with Crippen molar-refractivity contribution in [3.05, 3.63) is 36.4 Å². The number of unbranched alkanes of at least 4 members (excludes halogenated alkanes) is 1. The largest absolute Gasteiger partial charge is 0.481 e. The second kappa shape index (κ2) is 21.9. The maximum Gasteiger partial charge on any atom is 0.326 e. The fraction of sp³-hybridized carbons (Fsp3) is 0.676. The quantitative estimate of drug-likeness (QED) is 0.0937. The molecule has 2 aromatic rings. The highest BCUT2D eigenvalue weighted by atomic mass is 16.6. The van der Waals surface area contributed by atoms with Crippen LogP contribution in [0.3, 0.4) is 0 Å². The molecule has 0 aromatic carbocycles. The molecule has 2 heterocycles. The lowest BCUT2D eigenvalue weighted by Gasteiger charge is -2.27. The van der Waals surface area contributed by atoms with Crippen molar-refractivity contribution in [2.45, 2.75) is 112 Å². The van der Waals surface area contributed by atoms with Gasteiger partial charge >= 0.3 is 23.9 Å². The normalized spacial score (nSPS) is 12.3. The lowest BCUT2D eigenvalue weighted by Crippen LogP contribution is -2.44. The van der Waals surface area contributed by atoms with Crippen LogP contribution in [0.15, 0.2) is 24.8 Å². The Morgan fingerprint density at radius 2 is 1.22 bits per heavy atom. The summed E-state index contributed by atoms with van der Waals surface area (Å²) < 4.78 is 19.1. The first-order valence-corrected chi connectivity index (χ1v) is 18.4. The number of aliphatic hydroxyl groups is 1. The molecule has 0 saturated carbocycles. The van der Waals surface area contributed by atoms with Gasteiger partial charge in [-0.05, 0) is 67.9 Å². The van der Waals surface area contributed by atoms with E-state index >= 15 is 0 Å². The molecule has 0 radical (unpaired) electrons. The Labute approximate surface area is 322 Å². The Hall–Kier alpha value is -4.84. The molecule has 55 heavy (non-hydrogen) atoms. The number of hydrogen-bond donors (Lipinski definition) is 2. The van der Waals surface area contributed by atoms with Crippen LogP contribution in [0.2, 0.25) is 0 Å². The molecule has 308 valence electrons. The van der Waals surface area contributed by atoms with Gasteiger partial charge in [0.05, 0.1) is 32.2 Å². The molecule has 0 aliphatic heterocycles. The predicted octanol–water partition coefficient (Wildman–Crippen LogP) is 1.87. The molecule has 2 rings (SSSR count). The van der Waals surface area contributed by atoms with Crippen LogP contribution >= 0.6 is 0 Å². The summed E-state index contributed by atoms with van der Waals surface area (Å²) in [5.41, 5.74) is -1.62. The van der Waals surface area contributed by atoms with Crippen molar-refractivity contribution in [1.82, 2.24) is 33.8 Å². The average Bonchev–Trinajstić information content (AvgIpc) is 3.68. The minimum atomic E-state index is -0.874. The second-order valence-electron chi connectivity index (χ2n) is 15.2. The summed E-state index contributed by atoms with van der Waals surface area (Å²) in [7, 11) is 0. The summed E-state index contributed by atoms with van der Waals surface area (Å²) in [6, 6.07) is 0. The SMILES string of the molecule is CCOC(=O)CN(CCO)C(=O)Cn1ccnc1CN(CCCCC(C)C(=O)O)Cc1nccn1CC(=O)N(CC(=O)OC(C)(C)C)CC(=O)OC(C)(C)C. The third-order valence-electron chi connectivity index (χ3n) is 7.91. The highest BCUT2D eigenvalue weighted by Gasteiger charge is 2.28. The van der Waals surface area contributed by atoms with Gasteiger partial charge in [-0.1, -0.05) is 13.3 Å². The molecule has 0 aliphatic rings. The van der Waals surface area contributed by atoms with E-state index in [-0.39, 0.29) is 52.5 Å². The first-order chi connectivity index (χ1) is 25.7. The maximum atomic E-state index is 13.7. The van der Waals surface area contributed by atoms with E-state index in [1.807, 2.05) is 4.90 Å². The Balaban J connectivity index is 2.31. The van der Waals surface area contributed by atoms with Crippen LogP contribution in [-0.2, 0) is 69.2 Å². The van der Waals surface area contributed by atoms with Gasteiger partial charge < -0.3 is 43.4 Å². The fourth-order valence-electron chi connectivity index (χ4n) is 5.35. The number of amides is 2. The zero-order valence-corrected chi connectivity index (χ0v) is 33.5. The number of carboxylic acids is 1. The van der Waals surface area contributed by atoms with Crippen LogP contribution in [0.1, 0.15) is 86.3 Å². The molecular weight excluding hydrogens is 718 g/mol. The minimum absolute atomic E-state index is 0.0586. The third kappa shape index (κ3) is 17.9. The molecule has 0 bridgehead atoms. The van der Waals surface area contributed by atoms with Crippen LogP contribution in [-0.4, -0.2) is 137 Å². The third-order valence-corrected chi connectivity index (χ3v) is 7.91. The lowest BCUT2D eigenvalue weighted by atomic mass is 10.0. The summed E-state index contributed by atoms with van der Waals surface area (Å²) >= 11 is 0. The van der Waals surface area contributed by atoms with E-state index in [2.05, 4.69) is 9.97 Å². The van der Waals surface area contributed by atoms with Crippen molar-refractivity contribution < 1.29 is 53.2 Å². The molecule has 18 heteroatoms. The number of ether oxygens (including phenoxy) is 3. The first-order valence-electron chi connectivity index (χ1n) is 18.4. The number of carbonyl (C=O) groups is 6. The van der Waals surface area contributed by atoms with Crippen molar-refractivity contribution in [3.8, 4) is 0 Å². The van der Waals surface area contributed by atoms with E-state index < -0.39 is 65.9 Å². The summed E-state index contributed by atoms with van der Waals surface area (Å²) in [6.07, 6.45) is 8.03. The highest BCUT2D eigenvalue weighted by Crippen LogP contribution is 2.15. The van der Waals surface area contributed by atoms with Crippen LogP contribution in [0.5, 0.6) is 0 Å². The Bertz CT molecular complexity index is 1550. The van der Waals surface area contributed by atoms with Gasteiger partial charge in [0.2, 0.25) is 11.8 Å². The minimum Gasteiger partial charge on any atom is -0.481 e. The van der Waals surface area contributed by atoms with E-state index in [9.17, 15) is 39.0 Å². The number of hydrogen-bond acceptors (Lipinski definition) is 13. The van der Waals surface area contributed by atoms with Crippen LogP contribution in [0, 0.1) is 5.92 Å². The summed E-state index contributed by atoms with van der Waals surface area (Å²) in [6.45, 7) is 12.5. The van der Waals surface area contributed by atoms with Crippen LogP contribution < -0.4 is 0 Å². The topological polar surface area (TPSA) is 216 Å². The number of aliphatic carboxylic acids is 1. The standard InChI is InChI=1S/C37H59N7O11/c1-9-53-32(48)24-43(18-19-45)30(46)22-41-16-13-38-28(41)20-40(15-11-10-12-27(2)35(51)52)21-29-39-14-17-42(29)23-31(47)44(25-33(49)54-36(3,4)5)26-34(50)55-37(6,7)8/h13-14,16-17,27,45H,9-12,15,18-26H2,1-8H3,(H,51,52). The number of aliphatic hydroxyl groups excluding tert-OH is 1. The van der Waals surface area contributed by atoms with Crippen molar-refractivity contribution in [3.63, 3.8) is 0 Å². The van der Waals surface area contributed by atoms with Gasteiger partial charge in [-0.15, -0.1) is 0 Å². The molecule has 2 amide bonds. The number of aromatic nitrogens is 4. The summed E-state index contributed by atoms with van der Waals surface area (Å²) in [5.74, 6) is -3.32. The Morgan fingerprint density at radius 3 is 1.65 bits per heavy atom. The monoisotopic (exact) mass is 777 g/mol. The number of esters is 3. The molecule has 1 unspecified atom stereocenters. The molecule has 0 aliphatic carbocycles. The van der Waals surface area contributed by atoms with E-state index in [0.29, 0.717) is 37.5 Å². The number of carbonyl (C=O) groups excluding carboxylic acids is 5.